The van der Waals surface area contributed by atoms with Crippen molar-refractivity contribution < 1.29 is 13.9 Å². The molecule has 2 rings (SSSR count). The SMILES string of the molecule is CC(N)(Cc1ccc(COc2cccc(F)c2)cc1)C(N)=O. The van der Waals surface area contributed by atoms with E-state index in [4.69, 9.17) is 16.2 Å². The third kappa shape index (κ3) is 4.30. The second kappa shape index (κ2) is 6.58. The molecular formula is C17H19FN2O2. The number of nitrogens with two attached hydrogens (primary N) is 2. The van der Waals surface area contributed by atoms with Gasteiger partial charge < -0.3 is 16.2 Å². The van der Waals surface area contributed by atoms with E-state index in [2.05, 4.69) is 0 Å². The molecule has 22 heavy (non-hydrogen) atoms. The minimum atomic E-state index is -1.07. The fraction of sp³-hybridized carbons (Fsp3) is 0.235. The largest absolute Gasteiger partial charge is 0.489 e. The second-order valence-corrected chi connectivity index (χ2v) is 5.52. The Morgan fingerprint density at radius 1 is 1.18 bits per heavy atom. The van der Waals surface area contributed by atoms with Gasteiger partial charge in [-0.2, -0.15) is 0 Å². The maximum atomic E-state index is 13.0. The fourth-order valence-corrected chi connectivity index (χ4v) is 1.99. The van der Waals surface area contributed by atoms with Crippen LogP contribution in [-0.2, 0) is 17.8 Å². The summed E-state index contributed by atoms with van der Waals surface area (Å²) in [6, 6.07) is 13.5. The lowest BCUT2D eigenvalue weighted by atomic mass is 9.93. The Labute approximate surface area is 128 Å². The van der Waals surface area contributed by atoms with E-state index in [0.717, 1.165) is 11.1 Å². The first-order valence-electron chi connectivity index (χ1n) is 6.92. The van der Waals surface area contributed by atoms with Crippen molar-refractivity contribution in [2.45, 2.75) is 25.5 Å². The molecule has 0 radical (unpaired) electrons. The highest BCUT2D eigenvalue weighted by Gasteiger charge is 2.25. The number of halogens is 1. The summed E-state index contributed by atoms with van der Waals surface area (Å²) in [4.78, 5) is 11.2. The molecule has 0 saturated carbocycles. The van der Waals surface area contributed by atoms with Crippen LogP contribution in [0.1, 0.15) is 18.1 Å². The lowest BCUT2D eigenvalue weighted by Crippen LogP contribution is -2.51. The number of primary amides is 1. The van der Waals surface area contributed by atoms with Gasteiger partial charge in [-0.25, -0.2) is 4.39 Å². The summed E-state index contributed by atoms with van der Waals surface area (Å²) in [6.45, 7) is 1.94. The predicted octanol–water partition coefficient (Wildman–Crippen LogP) is 2.15. The van der Waals surface area contributed by atoms with Gasteiger partial charge in [-0.3, -0.25) is 4.79 Å². The molecule has 1 atom stereocenters. The molecule has 0 aliphatic carbocycles. The van der Waals surface area contributed by atoms with Crippen LogP contribution in [0.15, 0.2) is 48.5 Å². The average Bonchev–Trinajstić information content (AvgIpc) is 2.46. The average molecular weight is 302 g/mol. The molecule has 4 N–H and O–H groups in total. The highest BCUT2D eigenvalue weighted by molar-refractivity contribution is 5.84. The van der Waals surface area contributed by atoms with Crippen molar-refractivity contribution >= 4 is 5.91 Å². The molecule has 2 aromatic carbocycles. The smallest absolute Gasteiger partial charge is 0.237 e. The Hall–Kier alpha value is -2.40. The first kappa shape index (κ1) is 16.0. The van der Waals surface area contributed by atoms with Gasteiger partial charge in [0.25, 0.3) is 0 Å². The number of hydrogen-bond donors (Lipinski definition) is 2. The molecule has 0 aliphatic heterocycles. The third-order valence-electron chi connectivity index (χ3n) is 3.36. The molecule has 0 bridgehead atoms. The molecule has 2 aromatic rings. The number of carbonyl (C=O) groups excluding carboxylic acids is 1. The number of hydrogen-bond acceptors (Lipinski definition) is 3. The first-order chi connectivity index (χ1) is 10.4. The van der Waals surface area contributed by atoms with Crippen molar-refractivity contribution in [1.29, 1.82) is 0 Å². The van der Waals surface area contributed by atoms with Crippen molar-refractivity contribution in [2.75, 3.05) is 0 Å². The number of carbonyl (C=O) groups is 1. The molecule has 1 unspecified atom stereocenters. The van der Waals surface area contributed by atoms with Crippen molar-refractivity contribution in [2.24, 2.45) is 11.5 Å². The minimum absolute atomic E-state index is 0.332. The molecule has 0 aliphatic rings. The number of ether oxygens (including phenoxy) is 1. The van der Waals surface area contributed by atoms with Gasteiger partial charge in [-0.1, -0.05) is 30.3 Å². The Morgan fingerprint density at radius 3 is 2.41 bits per heavy atom. The van der Waals surface area contributed by atoms with Crippen LogP contribution in [0.4, 0.5) is 4.39 Å². The molecular weight excluding hydrogens is 283 g/mol. The monoisotopic (exact) mass is 302 g/mol. The van der Waals surface area contributed by atoms with Crippen LogP contribution in [0.5, 0.6) is 5.75 Å². The zero-order valence-electron chi connectivity index (χ0n) is 12.4. The Morgan fingerprint density at radius 2 is 1.82 bits per heavy atom. The van der Waals surface area contributed by atoms with Crippen LogP contribution in [0.25, 0.3) is 0 Å². The fourth-order valence-electron chi connectivity index (χ4n) is 1.99. The number of benzene rings is 2. The maximum absolute atomic E-state index is 13.0. The molecule has 0 saturated heterocycles. The van der Waals surface area contributed by atoms with Crippen molar-refractivity contribution in [3.8, 4) is 5.75 Å². The van der Waals surface area contributed by atoms with Crippen molar-refractivity contribution in [3.63, 3.8) is 0 Å². The quantitative estimate of drug-likeness (QED) is 0.858. The first-order valence-corrected chi connectivity index (χ1v) is 6.92. The van der Waals surface area contributed by atoms with Crippen molar-refractivity contribution in [1.82, 2.24) is 0 Å². The Balaban J connectivity index is 1.96. The van der Waals surface area contributed by atoms with Crippen LogP contribution >= 0.6 is 0 Å². The van der Waals surface area contributed by atoms with Gasteiger partial charge in [0.05, 0.1) is 5.54 Å². The van der Waals surface area contributed by atoms with E-state index in [1.165, 1.54) is 12.1 Å². The van der Waals surface area contributed by atoms with Gasteiger partial charge in [0.1, 0.15) is 18.2 Å². The van der Waals surface area contributed by atoms with Crippen LogP contribution in [0.3, 0.4) is 0 Å². The summed E-state index contributed by atoms with van der Waals surface area (Å²) < 4.78 is 18.6. The predicted molar refractivity (Wildman–Crippen MR) is 82.7 cm³/mol. The molecule has 0 spiro atoms. The maximum Gasteiger partial charge on any atom is 0.237 e. The van der Waals surface area contributed by atoms with E-state index in [1.54, 1.807) is 19.1 Å². The van der Waals surface area contributed by atoms with Crippen LogP contribution in [-0.4, -0.2) is 11.4 Å². The third-order valence-corrected chi connectivity index (χ3v) is 3.36. The number of rotatable bonds is 6. The zero-order chi connectivity index (χ0) is 16.2. The van der Waals surface area contributed by atoms with Crippen LogP contribution < -0.4 is 16.2 Å². The second-order valence-electron chi connectivity index (χ2n) is 5.52. The summed E-state index contributed by atoms with van der Waals surface area (Å²) in [5.41, 5.74) is 11.9. The lowest BCUT2D eigenvalue weighted by Gasteiger charge is -2.20. The summed E-state index contributed by atoms with van der Waals surface area (Å²) in [5.74, 6) is -0.389. The molecule has 4 nitrogen and oxygen atoms in total. The van der Waals surface area contributed by atoms with Gasteiger partial charge in [0.15, 0.2) is 0 Å². The van der Waals surface area contributed by atoms with E-state index in [1.807, 2.05) is 24.3 Å². The summed E-state index contributed by atoms with van der Waals surface area (Å²) in [5, 5.41) is 0. The van der Waals surface area contributed by atoms with Gasteiger partial charge in [-0.05, 0) is 36.6 Å². The number of amides is 1. The molecule has 0 fully saturated rings. The van der Waals surface area contributed by atoms with Gasteiger partial charge in [-0.15, -0.1) is 0 Å². The molecule has 5 heteroatoms. The van der Waals surface area contributed by atoms with Gasteiger partial charge >= 0.3 is 0 Å². The summed E-state index contributed by atoms with van der Waals surface area (Å²) in [7, 11) is 0. The van der Waals surface area contributed by atoms with E-state index >= 15 is 0 Å². The van der Waals surface area contributed by atoms with E-state index in [0.29, 0.717) is 18.8 Å². The van der Waals surface area contributed by atoms with Crippen LogP contribution in [0, 0.1) is 5.82 Å². The highest BCUT2D eigenvalue weighted by Crippen LogP contribution is 2.16. The summed E-state index contributed by atoms with van der Waals surface area (Å²) in [6.07, 6.45) is 0.368. The zero-order valence-corrected chi connectivity index (χ0v) is 12.4. The van der Waals surface area contributed by atoms with E-state index in [9.17, 15) is 9.18 Å². The van der Waals surface area contributed by atoms with Gasteiger partial charge in [0, 0.05) is 6.07 Å². The topological polar surface area (TPSA) is 78.3 Å². The lowest BCUT2D eigenvalue weighted by molar-refractivity contribution is -0.122. The van der Waals surface area contributed by atoms with Gasteiger partial charge in [0.2, 0.25) is 5.91 Å². The Kier molecular flexibility index (Phi) is 4.78. The normalized spacial score (nSPS) is 13.4. The standard InChI is InChI=1S/C17H19FN2O2/c1-17(20,16(19)21)10-12-5-7-13(8-6-12)11-22-15-4-2-3-14(18)9-15/h2-9H,10-11,20H2,1H3,(H2,19,21). The Bertz CT molecular complexity index is 654. The molecule has 1 amide bonds. The summed E-state index contributed by atoms with van der Waals surface area (Å²) >= 11 is 0. The van der Waals surface area contributed by atoms with E-state index in [-0.39, 0.29) is 5.82 Å². The van der Waals surface area contributed by atoms with E-state index < -0.39 is 11.4 Å². The molecule has 0 heterocycles. The van der Waals surface area contributed by atoms with Crippen molar-refractivity contribution in [3.05, 3.63) is 65.5 Å². The molecule has 116 valence electrons. The molecule has 0 aromatic heterocycles. The van der Waals surface area contributed by atoms with Crippen LogP contribution in [0.2, 0.25) is 0 Å². The minimum Gasteiger partial charge on any atom is -0.489 e. The highest BCUT2D eigenvalue weighted by atomic mass is 19.1.